The molecule has 1 aromatic heterocycles. The third-order valence-electron chi connectivity index (χ3n) is 3.10. The number of imidazole rings is 1. The maximum atomic E-state index is 8.87. The highest BCUT2D eigenvalue weighted by Gasteiger charge is 2.06. The highest BCUT2D eigenvalue weighted by molar-refractivity contribution is 5.76. The molecule has 0 unspecified atom stereocenters. The van der Waals surface area contributed by atoms with Crippen molar-refractivity contribution in [3.63, 3.8) is 0 Å². The number of hydrogen-bond donors (Lipinski definition) is 1. The van der Waals surface area contributed by atoms with Crippen molar-refractivity contribution in [1.29, 1.82) is 0 Å². The first kappa shape index (κ1) is 12.1. The monoisotopic (exact) mass is 233 g/mol. The quantitative estimate of drug-likeness (QED) is 0.865. The summed E-state index contributed by atoms with van der Waals surface area (Å²) in [5.41, 5.74) is 3.43. The second kappa shape index (κ2) is 4.85. The number of benzene rings is 1. The number of likely N-dealkylation sites (N-methyl/N-ethyl adjacent to an activating group) is 1. The van der Waals surface area contributed by atoms with Crippen molar-refractivity contribution >= 4 is 11.0 Å². The Labute approximate surface area is 101 Å². The van der Waals surface area contributed by atoms with Gasteiger partial charge in [0.1, 0.15) is 5.82 Å². The van der Waals surface area contributed by atoms with Crippen molar-refractivity contribution in [2.45, 2.75) is 13.5 Å². The Hall–Kier alpha value is -1.39. The molecular formula is C13H19N3O. The van der Waals surface area contributed by atoms with Crippen LogP contribution in [0.25, 0.3) is 11.0 Å². The van der Waals surface area contributed by atoms with E-state index in [1.54, 1.807) is 0 Å². The molecule has 0 bridgehead atoms. The fourth-order valence-electron chi connectivity index (χ4n) is 2.03. The lowest BCUT2D eigenvalue weighted by Gasteiger charge is -2.14. The van der Waals surface area contributed by atoms with Crippen LogP contribution in [0.4, 0.5) is 0 Å². The number of aromatic nitrogens is 2. The minimum Gasteiger partial charge on any atom is -0.395 e. The molecule has 1 aromatic carbocycles. The Morgan fingerprint density at radius 1 is 1.41 bits per heavy atom. The highest BCUT2D eigenvalue weighted by atomic mass is 16.3. The SMILES string of the molecule is Cc1nc2cc(CN(C)CCO)ccc2n1C. The average molecular weight is 233 g/mol. The number of fused-ring (bicyclic) bond motifs is 1. The zero-order chi connectivity index (χ0) is 12.4. The van der Waals surface area contributed by atoms with Gasteiger partial charge in [0.05, 0.1) is 17.6 Å². The lowest BCUT2D eigenvalue weighted by molar-refractivity contribution is 0.217. The normalized spacial score (nSPS) is 11.6. The Bertz CT molecular complexity index is 519. The van der Waals surface area contributed by atoms with E-state index >= 15 is 0 Å². The summed E-state index contributed by atoms with van der Waals surface area (Å²) in [5, 5.41) is 8.87. The molecule has 0 radical (unpaired) electrons. The van der Waals surface area contributed by atoms with Crippen LogP contribution >= 0.6 is 0 Å². The van der Waals surface area contributed by atoms with E-state index in [0.717, 1.165) is 23.4 Å². The predicted molar refractivity (Wildman–Crippen MR) is 68.9 cm³/mol. The van der Waals surface area contributed by atoms with E-state index in [-0.39, 0.29) is 6.61 Å². The summed E-state index contributed by atoms with van der Waals surface area (Å²) in [6.07, 6.45) is 0. The van der Waals surface area contributed by atoms with Crippen LogP contribution in [0.15, 0.2) is 18.2 Å². The lowest BCUT2D eigenvalue weighted by atomic mass is 10.2. The minimum absolute atomic E-state index is 0.196. The van der Waals surface area contributed by atoms with Gasteiger partial charge in [0.15, 0.2) is 0 Å². The molecule has 0 saturated carbocycles. The zero-order valence-electron chi connectivity index (χ0n) is 10.6. The van der Waals surface area contributed by atoms with Gasteiger partial charge < -0.3 is 9.67 Å². The third-order valence-corrected chi connectivity index (χ3v) is 3.10. The van der Waals surface area contributed by atoms with Gasteiger partial charge in [-0.25, -0.2) is 4.98 Å². The van der Waals surface area contributed by atoms with Crippen LogP contribution in [0.2, 0.25) is 0 Å². The highest BCUT2D eigenvalue weighted by Crippen LogP contribution is 2.17. The summed E-state index contributed by atoms with van der Waals surface area (Å²) in [6, 6.07) is 6.35. The van der Waals surface area contributed by atoms with Crippen molar-refractivity contribution in [2.24, 2.45) is 7.05 Å². The van der Waals surface area contributed by atoms with E-state index in [9.17, 15) is 0 Å². The van der Waals surface area contributed by atoms with Crippen LogP contribution in [0.5, 0.6) is 0 Å². The van der Waals surface area contributed by atoms with Gasteiger partial charge in [-0.15, -0.1) is 0 Å². The van der Waals surface area contributed by atoms with E-state index in [0.29, 0.717) is 6.54 Å². The first-order chi connectivity index (χ1) is 8.11. The van der Waals surface area contributed by atoms with Crippen molar-refractivity contribution in [2.75, 3.05) is 20.2 Å². The second-order valence-electron chi connectivity index (χ2n) is 4.50. The molecule has 0 aliphatic rings. The van der Waals surface area contributed by atoms with Crippen molar-refractivity contribution in [3.8, 4) is 0 Å². The van der Waals surface area contributed by atoms with Crippen LogP contribution in [-0.4, -0.2) is 39.8 Å². The Kier molecular flexibility index (Phi) is 3.45. The molecular weight excluding hydrogens is 214 g/mol. The molecule has 17 heavy (non-hydrogen) atoms. The van der Waals surface area contributed by atoms with E-state index in [1.807, 2.05) is 21.0 Å². The van der Waals surface area contributed by atoms with Crippen molar-refractivity contribution in [3.05, 3.63) is 29.6 Å². The number of hydrogen-bond acceptors (Lipinski definition) is 3. The van der Waals surface area contributed by atoms with E-state index < -0.39 is 0 Å². The molecule has 0 aliphatic heterocycles. The van der Waals surface area contributed by atoms with Gasteiger partial charge in [-0.1, -0.05) is 6.07 Å². The molecule has 0 fully saturated rings. The Morgan fingerprint density at radius 3 is 2.88 bits per heavy atom. The molecule has 0 saturated heterocycles. The van der Waals surface area contributed by atoms with Gasteiger partial charge in [0.25, 0.3) is 0 Å². The number of aliphatic hydroxyl groups is 1. The van der Waals surface area contributed by atoms with E-state index in [1.165, 1.54) is 5.56 Å². The minimum atomic E-state index is 0.196. The summed E-state index contributed by atoms with van der Waals surface area (Å²) < 4.78 is 2.09. The average Bonchev–Trinajstić information content (AvgIpc) is 2.55. The summed E-state index contributed by atoms with van der Waals surface area (Å²) in [6.45, 7) is 3.74. The van der Waals surface area contributed by atoms with Crippen molar-refractivity contribution < 1.29 is 5.11 Å². The largest absolute Gasteiger partial charge is 0.395 e. The van der Waals surface area contributed by atoms with Gasteiger partial charge >= 0.3 is 0 Å². The fraction of sp³-hybridized carbons (Fsp3) is 0.462. The number of nitrogens with zero attached hydrogens (tertiary/aromatic N) is 3. The summed E-state index contributed by atoms with van der Waals surface area (Å²) in [4.78, 5) is 6.62. The molecule has 4 nitrogen and oxygen atoms in total. The third kappa shape index (κ3) is 2.48. The van der Waals surface area contributed by atoms with Gasteiger partial charge in [0.2, 0.25) is 0 Å². The molecule has 0 spiro atoms. The lowest BCUT2D eigenvalue weighted by Crippen LogP contribution is -2.21. The molecule has 1 heterocycles. The van der Waals surface area contributed by atoms with Gasteiger partial charge in [-0.2, -0.15) is 0 Å². The standard InChI is InChI=1S/C13H19N3O/c1-10-14-12-8-11(9-15(2)6-7-17)4-5-13(12)16(10)3/h4-5,8,17H,6-7,9H2,1-3H3. The van der Waals surface area contributed by atoms with Crippen LogP contribution in [0, 0.1) is 6.92 Å². The Morgan fingerprint density at radius 2 is 2.18 bits per heavy atom. The topological polar surface area (TPSA) is 41.3 Å². The molecule has 2 rings (SSSR count). The fourth-order valence-corrected chi connectivity index (χ4v) is 2.03. The summed E-state index contributed by atoms with van der Waals surface area (Å²) in [5.74, 6) is 1.03. The summed E-state index contributed by atoms with van der Waals surface area (Å²) >= 11 is 0. The molecule has 92 valence electrons. The smallest absolute Gasteiger partial charge is 0.106 e. The first-order valence-electron chi connectivity index (χ1n) is 5.83. The number of aryl methyl sites for hydroxylation is 2. The second-order valence-corrected chi connectivity index (χ2v) is 4.50. The molecule has 1 N–H and O–H groups in total. The van der Waals surface area contributed by atoms with Crippen LogP contribution in [0.3, 0.4) is 0 Å². The van der Waals surface area contributed by atoms with Crippen LogP contribution in [0.1, 0.15) is 11.4 Å². The van der Waals surface area contributed by atoms with Gasteiger partial charge in [0, 0.05) is 20.1 Å². The van der Waals surface area contributed by atoms with E-state index in [2.05, 4.69) is 32.7 Å². The number of aliphatic hydroxyl groups excluding tert-OH is 1. The molecule has 0 atom stereocenters. The van der Waals surface area contributed by atoms with E-state index in [4.69, 9.17) is 5.11 Å². The molecule has 4 heteroatoms. The summed E-state index contributed by atoms with van der Waals surface area (Å²) in [7, 11) is 4.03. The Balaban J connectivity index is 2.26. The predicted octanol–water partition coefficient (Wildman–Crippen LogP) is 1.31. The van der Waals surface area contributed by atoms with Gasteiger partial charge in [-0.3, -0.25) is 4.90 Å². The van der Waals surface area contributed by atoms with Gasteiger partial charge in [-0.05, 0) is 31.7 Å². The van der Waals surface area contributed by atoms with Crippen LogP contribution < -0.4 is 0 Å². The maximum absolute atomic E-state index is 8.87. The molecule has 2 aromatic rings. The maximum Gasteiger partial charge on any atom is 0.106 e. The molecule has 0 aliphatic carbocycles. The zero-order valence-corrected chi connectivity index (χ0v) is 10.6. The number of rotatable bonds is 4. The first-order valence-corrected chi connectivity index (χ1v) is 5.83. The van der Waals surface area contributed by atoms with Crippen molar-refractivity contribution in [1.82, 2.24) is 14.5 Å². The molecule has 0 amide bonds. The van der Waals surface area contributed by atoms with Crippen LogP contribution in [-0.2, 0) is 13.6 Å².